The summed E-state index contributed by atoms with van der Waals surface area (Å²) in [5.41, 5.74) is 2.35. The number of unbranched alkanes of at least 4 members (excludes halogenated alkanes) is 1. The van der Waals surface area contributed by atoms with Crippen LogP contribution in [0.4, 0.5) is 0 Å². The molecule has 2 rings (SSSR count). The van der Waals surface area contributed by atoms with Crippen LogP contribution in [-0.4, -0.2) is 23.4 Å². The molecule has 2 aromatic rings. The molecule has 142 valence electrons. The molecule has 26 heavy (non-hydrogen) atoms. The molecule has 0 aliphatic rings. The first kappa shape index (κ1) is 20.0. The number of benzene rings is 2. The summed E-state index contributed by atoms with van der Waals surface area (Å²) in [6, 6.07) is 11.2. The lowest BCUT2D eigenvalue weighted by Gasteiger charge is -2.10. The zero-order valence-electron chi connectivity index (χ0n) is 15.8. The zero-order valence-corrected chi connectivity index (χ0v) is 15.8. The minimum atomic E-state index is 0.200. The maximum absolute atomic E-state index is 9.83. The summed E-state index contributed by atoms with van der Waals surface area (Å²) >= 11 is 0. The summed E-state index contributed by atoms with van der Waals surface area (Å²) < 4.78 is 11.1. The molecule has 2 aromatic carbocycles. The van der Waals surface area contributed by atoms with Gasteiger partial charge in [-0.05, 0) is 73.9 Å². The fourth-order valence-electron chi connectivity index (χ4n) is 2.74. The smallest absolute Gasteiger partial charge is 0.161 e. The van der Waals surface area contributed by atoms with E-state index in [9.17, 15) is 10.2 Å². The third kappa shape index (κ3) is 6.17. The van der Waals surface area contributed by atoms with Gasteiger partial charge in [0.2, 0.25) is 0 Å². The van der Waals surface area contributed by atoms with Crippen molar-refractivity contribution in [2.45, 2.75) is 52.4 Å². The van der Waals surface area contributed by atoms with Crippen LogP contribution in [0.25, 0.3) is 0 Å². The second-order valence-electron chi connectivity index (χ2n) is 6.51. The summed E-state index contributed by atoms with van der Waals surface area (Å²) in [6.07, 6.45) is 5.81. The van der Waals surface area contributed by atoms with Crippen molar-refractivity contribution < 1.29 is 19.7 Å². The van der Waals surface area contributed by atoms with Gasteiger partial charge in [-0.3, -0.25) is 0 Å². The molecule has 4 heteroatoms. The fourth-order valence-corrected chi connectivity index (χ4v) is 2.74. The Hall–Kier alpha value is -2.36. The van der Waals surface area contributed by atoms with Gasteiger partial charge in [-0.1, -0.05) is 26.0 Å². The minimum Gasteiger partial charge on any atom is -0.504 e. The predicted octanol–water partition coefficient (Wildman–Crippen LogP) is 5.24. The van der Waals surface area contributed by atoms with Crippen LogP contribution in [0, 0.1) is 0 Å². The lowest BCUT2D eigenvalue weighted by Crippen LogP contribution is -1.97. The summed E-state index contributed by atoms with van der Waals surface area (Å²) in [7, 11) is 0. The van der Waals surface area contributed by atoms with E-state index in [1.165, 1.54) is 11.1 Å². The van der Waals surface area contributed by atoms with Gasteiger partial charge in [-0.25, -0.2) is 0 Å². The van der Waals surface area contributed by atoms with Gasteiger partial charge in [0.15, 0.2) is 23.0 Å². The van der Waals surface area contributed by atoms with E-state index in [1.807, 2.05) is 38.1 Å². The number of aromatic hydroxyl groups is 2. The Labute approximate surface area is 156 Å². The average molecular weight is 358 g/mol. The molecule has 2 N–H and O–H groups in total. The summed E-state index contributed by atoms with van der Waals surface area (Å²) in [6.45, 7) is 5.31. The minimum absolute atomic E-state index is 0.200. The number of aryl methyl sites for hydroxylation is 2. The van der Waals surface area contributed by atoms with Gasteiger partial charge in [0.25, 0.3) is 0 Å². The van der Waals surface area contributed by atoms with Crippen LogP contribution in [0.1, 0.15) is 50.7 Å². The number of hydrogen-bond donors (Lipinski definition) is 2. The van der Waals surface area contributed by atoms with Crippen LogP contribution in [-0.2, 0) is 12.8 Å². The van der Waals surface area contributed by atoms with E-state index in [0.29, 0.717) is 24.7 Å². The summed E-state index contributed by atoms with van der Waals surface area (Å²) in [5.74, 6) is 1.54. The molecule has 0 unspecified atom stereocenters. The van der Waals surface area contributed by atoms with E-state index in [4.69, 9.17) is 9.47 Å². The quantitative estimate of drug-likeness (QED) is 0.539. The summed E-state index contributed by atoms with van der Waals surface area (Å²) in [5, 5.41) is 19.7. The number of phenols is 2. The molecule has 0 atom stereocenters. The van der Waals surface area contributed by atoms with Gasteiger partial charge in [-0.2, -0.15) is 0 Å². The van der Waals surface area contributed by atoms with Gasteiger partial charge < -0.3 is 19.7 Å². The molecular formula is C22H30O4. The van der Waals surface area contributed by atoms with Crippen molar-refractivity contribution in [3.8, 4) is 23.0 Å². The molecule has 0 heterocycles. The van der Waals surface area contributed by atoms with Crippen molar-refractivity contribution in [2.75, 3.05) is 13.2 Å². The monoisotopic (exact) mass is 358 g/mol. The zero-order chi connectivity index (χ0) is 18.8. The van der Waals surface area contributed by atoms with E-state index in [-0.39, 0.29) is 11.5 Å². The van der Waals surface area contributed by atoms with Crippen molar-refractivity contribution in [1.29, 1.82) is 0 Å². The van der Waals surface area contributed by atoms with Gasteiger partial charge in [0.05, 0.1) is 13.2 Å². The van der Waals surface area contributed by atoms with Gasteiger partial charge in [0, 0.05) is 0 Å². The Morgan fingerprint density at radius 3 is 1.50 bits per heavy atom. The molecule has 0 aliphatic carbocycles. The van der Waals surface area contributed by atoms with E-state index >= 15 is 0 Å². The second kappa shape index (κ2) is 10.6. The van der Waals surface area contributed by atoms with Crippen molar-refractivity contribution in [1.82, 2.24) is 0 Å². The maximum atomic E-state index is 9.83. The highest BCUT2D eigenvalue weighted by atomic mass is 16.5. The van der Waals surface area contributed by atoms with Crippen LogP contribution < -0.4 is 9.47 Å². The third-order valence-corrected chi connectivity index (χ3v) is 4.15. The van der Waals surface area contributed by atoms with Gasteiger partial charge >= 0.3 is 0 Å². The first-order valence-electron chi connectivity index (χ1n) is 9.53. The lowest BCUT2D eigenvalue weighted by molar-refractivity contribution is 0.299. The molecule has 0 radical (unpaired) electrons. The van der Waals surface area contributed by atoms with Crippen molar-refractivity contribution >= 4 is 0 Å². The normalized spacial score (nSPS) is 10.7. The number of phenolic OH excluding ortho intramolecular Hbond substituents is 2. The van der Waals surface area contributed by atoms with Crippen LogP contribution >= 0.6 is 0 Å². The van der Waals surface area contributed by atoms with E-state index in [2.05, 4.69) is 0 Å². The number of rotatable bonds is 11. The van der Waals surface area contributed by atoms with Crippen LogP contribution in [0.2, 0.25) is 0 Å². The molecule has 0 bridgehead atoms. The highest BCUT2D eigenvalue weighted by molar-refractivity contribution is 5.42. The van der Waals surface area contributed by atoms with E-state index in [0.717, 1.165) is 38.5 Å². The Morgan fingerprint density at radius 2 is 1.12 bits per heavy atom. The van der Waals surface area contributed by atoms with E-state index in [1.54, 1.807) is 12.1 Å². The van der Waals surface area contributed by atoms with Crippen LogP contribution in [0.15, 0.2) is 36.4 Å². The van der Waals surface area contributed by atoms with Crippen molar-refractivity contribution in [3.63, 3.8) is 0 Å². The SMILES string of the molecule is CCCOc1cc(CCCCc2ccc(O)c(OCCC)c2)ccc1O. The first-order chi connectivity index (χ1) is 12.6. The van der Waals surface area contributed by atoms with Gasteiger partial charge in [0.1, 0.15) is 0 Å². The Kier molecular flexibility index (Phi) is 8.13. The fraction of sp³-hybridized carbons (Fsp3) is 0.455. The van der Waals surface area contributed by atoms with Gasteiger partial charge in [-0.15, -0.1) is 0 Å². The predicted molar refractivity (Wildman–Crippen MR) is 104 cm³/mol. The van der Waals surface area contributed by atoms with Crippen molar-refractivity contribution in [3.05, 3.63) is 47.5 Å². The number of hydrogen-bond acceptors (Lipinski definition) is 4. The maximum Gasteiger partial charge on any atom is 0.161 e. The van der Waals surface area contributed by atoms with Crippen LogP contribution in [0.5, 0.6) is 23.0 Å². The highest BCUT2D eigenvalue weighted by Gasteiger charge is 2.06. The Morgan fingerprint density at radius 1 is 0.692 bits per heavy atom. The molecule has 0 saturated carbocycles. The number of ether oxygens (including phenoxy) is 2. The largest absolute Gasteiger partial charge is 0.504 e. The standard InChI is InChI=1S/C22H30O4/c1-3-13-25-21-15-17(9-11-19(21)23)7-5-6-8-18-10-12-20(24)22(16-18)26-14-4-2/h9-12,15-16,23-24H,3-8,13-14H2,1-2H3. The topological polar surface area (TPSA) is 58.9 Å². The lowest BCUT2D eigenvalue weighted by atomic mass is 10.0. The average Bonchev–Trinajstić information content (AvgIpc) is 2.65. The summed E-state index contributed by atoms with van der Waals surface area (Å²) in [4.78, 5) is 0. The van der Waals surface area contributed by atoms with Crippen LogP contribution in [0.3, 0.4) is 0 Å². The molecular weight excluding hydrogens is 328 g/mol. The van der Waals surface area contributed by atoms with Crippen molar-refractivity contribution in [2.24, 2.45) is 0 Å². The Bertz CT molecular complexity index is 622. The molecule has 0 aliphatic heterocycles. The molecule has 0 fully saturated rings. The molecule has 4 nitrogen and oxygen atoms in total. The molecule has 0 amide bonds. The molecule has 0 aromatic heterocycles. The second-order valence-corrected chi connectivity index (χ2v) is 6.51. The molecule has 0 spiro atoms. The Balaban J connectivity index is 1.83. The van der Waals surface area contributed by atoms with E-state index < -0.39 is 0 Å². The highest BCUT2D eigenvalue weighted by Crippen LogP contribution is 2.29. The third-order valence-electron chi connectivity index (χ3n) is 4.15. The molecule has 0 saturated heterocycles. The first-order valence-corrected chi connectivity index (χ1v) is 9.53.